The molecular formula is C19H16N4O2S. The number of methoxy groups -OCH3 is 1. The van der Waals surface area contributed by atoms with Crippen molar-refractivity contribution in [3.8, 4) is 11.4 Å². The maximum Gasteiger partial charge on any atom is 0.265 e. The average molecular weight is 364 g/mol. The molecule has 26 heavy (non-hydrogen) atoms. The molecule has 0 aliphatic carbocycles. The second kappa shape index (κ2) is 6.61. The van der Waals surface area contributed by atoms with Gasteiger partial charge in [0.25, 0.3) is 5.91 Å². The van der Waals surface area contributed by atoms with E-state index in [9.17, 15) is 4.79 Å². The number of nitrogens with one attached hydrogen (secondary N) is 1. The molecule has 0 fully saturated rings. The number of nitrogens with zero attached hydrogens (tertiary/aromatic N) is 3. The van der Waals surface area contributed by atoms with Crippen molar-refractivity contribution < 1.29 is 9.53 Å². The summed E-state index contributed by atoms with van der Waals surface area (Å²) in [4.78, 5) is 14.5. The van der Waals surface area contributed by atoms with Crippen LogP contribution in [0.4, 0.5) is 5.69 Å². The van der Waals surface area contributed by atoms with E-state index in [2.05, 4.69) is 15.5 Å². The Hall–Kier alpha value is -3.19. The lowest BCUT2D eigenvalue weighted by atomic mass is 10.1. The van der Waals surface area contributed by atoms with Gasteiger partial charge in [-0.1, -0.05) is 6.07 Å². The number of fused-ring (bicyclic) bond motifs is 1. The summed E-state index contributed by atoms with van der Waals surface area (Å²) < 4.78 is 5.17. The Morgan fingerprint density at radius 3 is 2.50 bits per heavy atom. The fourth-order valence-corrected chi connectivity index (χ4v) is 3.24. The van der Waals surface area contributed by atoms with E-state index < -0.39 is 0 Å². The summed E-state index contributed by atoms with van der Waals surface area (Å²) >= 11 is 1.41. The molecule has 1 N–H and O–H groups in total. The first-order valence-electron chi connectivity index (χ1n) is 8.01. The van der Waals surface area contributed by atoms with Gasteiger partial charge in [0.05, 0.1) is 17.7 Å². The lowest BCUT2D eigenvalue weighted by Crippen LogP contribution is -2.11. The SMILES string of the molecule is COc1ccc(-n2nc3cc(C)c(NC(=O)c4cccs4)cc3n2)cc1. The van der Waals surface area contributed by atoms with Gasteiger partial charge in [0.2, 0.25) is 0 Å². The first-order valence-corrected chi connectivity index (χ1v) is 8.89. The normalized spacial score (nSPS) is 10.8. The fourth-order valence-electron chi connectivity index (χ4n) is 2.63. The molecule has 2 heterocycles. The van der Waals surface area contributed by atoms with Crippen LogP contribution in [0.5, 0.6) is 5.75 Å². The molecule has 0 aliphatic heterocycles. The summed E-state index contributed by atoms with van der Waals surface area (Å²) in [5.74, 6) is 0.657. The van der Waals surface area contributed by atoms with E-state index in [4.69, 9.17) is 4.74 Å². The predicted molar refractivity (Wildman–Crippen MR) is 102 cm³/mol. The number of amides is 1. The van der Waals surface area contributed by atoms with Crippen LogP contribution in [-0.4, -0.2) is 28.0 Å². The van der Waals surface area contributed by atoms with Crippen molar-refractivity contribution >= 4 is 34.0 Å². The molecule has 2 aromatic heterocycles. The Morgan fingerprint density at radius 2 is 1.85 bits per heavy atom. The number of rotatable bonds is 4. The van der Waals surface area contributed by atoms with E-state index in [1.807, 2.05) is 54.8 Å². The fraction of sp³-hybridized carbons (Fsp3) is 0.105. The third-order valence-corrected chi connectivity index (χ3v) is 4.89. The van der Waals surface area contributed by atoms with Crippen molar-refractivity contribution in [2.75, 3.05) is 12.4 Å². The van der Waals surface area contributed by atoms with Gasteiger partial charge in [-0.25, -0.2) is 0 Å². The Morgan fingerprint density at radius 1 is 1.12 bits per heavy atom. The molecule has 0 radical (unpaired) electrons. The number of aromatic nitrogens is 3. The molecule has 0 spiro atoms. The van der Waals surface area contributed by atoms with Crippen molar-refractivity contribution in [3.63, 3.8) is 0 Å². The van der Waals surface area contributed by atoms with Crippen LogP contribution in [0.25, 0.3) is 16.7 Å². The van der Waals surface area contributed by atoms with Gasteiger partial charge < -0.3 is 10.1 Å². The first-order chi connectivity index (χ1) is 12.6. The van der Waals surface area contributed by atoms with Crippen LogP contribution in [0.15, 0.2) is 53.9 Å². The molecule has 7 heteroatoms. The number of ether oxygens (including phenoxy) is 1. The molecule has 0 saturated carbocycles. The van der Waals surface area contributed by atoms with Gasteiger partial charge in [-0.15, -0.1) is 21.5 Å². The van der Waals surface area contributed by atoms with Crippen LogP contribution in [0.1, 0.15) is 15.2 Å². The van der Waals surface area contributed by atoms with Gasteiger partial charge in [0, 0.05) is 5.69 Å². The topological polar surface area (TPSA) is 69.0 Å². The van der Waals surface area contributed by atoms with Crippen LogP contribution in [0.3, 0.4) is 0 Å². The largest absolute Gasteiger partial charge is 0.497 e. The molecule has 0 unspecified atom stereocenters. The number of anilines is 1. The van der Waals surface area contributed by atoms with Crippen LogP contribution < -0.4 is 10.1 Å². The van der Waals surface area contributed by atoms with Crippen molar-refractivity contribution in [1.82, 2.24) is 15.0 Å². The molecule has 4 aromatic rings. The van der Waals surface area contributed by atoms with Gasteiger partial charge in [-0.3, -0.25) is 4.79 Å². The second-order valence-corrected chi connectivity index (χ2v) is 6.72. The number of hydrogen-bond donors (Lipinski definition) is 1. The summed E-state index contributed by atoms with van der Waals surface area (Å²) in [6.07, 6.45) is 0. The van der Waals surface area contributed by atoms with Crippen LogP contribution in [0, 0.1) is 6.92 Å². The third kappa shape index (κ3) is 3.04. The summed E-state index contributed by atoms with van der Waals surface area (Å²) in [6, 6.07) is 14.9. The Bertz CT molecular complexity index is 1070. The number of hydrogen-bond acceptors (Lipinski definition) is 5. The summed E-state index contributed by atoms with van der Waals surface area (Å²) in [7, 11) is 1.63. The monoisotopic (exact) mass is 364 g/mol. The lowest BCUT2D eigenvalue weighted by molar-refractivity contribution is 0.103. The van der Waals surface area contributed by atoms with E-state index in [0.29, 0.717) is 10.4 Å². The number of benzene rings is 2. The predicted octanol–water partition coefficient (Wildman–Crippen LogP) is 4.05. The van der Waals surface area contributed by atoms with Gasteiger partial charge in [-0.05, 0) is 60.3 Å². The zero-order chi connectivity index (χ0) is 18.1. The minimum absolute atomic E-state index is 0.120. The molecular weight excluding hydrogens is 348 g/mol. The zero-order valence-electron chi connectivity index (χ0n) is 14.3. The summed E-state index contributed by atoms with van der Waals surface area (Å²) in [5.41, 5.74) is 3.99. The second-order valence-electron chi connectivity index (χ2n) is 5.77. The lowest BCUT2D eigenvalue weighted by Gasteiger charge is -2.06. The standard InChI is InChI=1S/C19H16N4O2S/c1-12-10-16-17(11-15(12)20-19(24)18-4-3-9-26-18)22-23(21-16)13-5-7-14(25-2)8-6-13/h3-11H,1-2H3,(H,20,24). The minimum atomic E-state index is -0.120. The summed E-state index contributed by atoms with van der Waals surface area (Å²) in [6.45, 7) is 1.94. The van der Waals surface area contributed by atoms with E-state index in [1.54, 1.807) is 18.0 Å². The van der Waals surface area contributed by atoms with Crippen LogP contribution >= 0.6 is 11.3 Å². The van der Waals surface area contributed by atoms with Gasteiger partial charge in [-0.2, -0.15) is 4.80 Å². The average Bonchev–Trinajstić information content (AvgIpc) is 3.32. The van der Waals surface area contributed by atoms with E-state index in [-0.39, 0.29) is 5.91 Å². The van der Waals surface area contributed by atoms with Crippen molar-refractivity contribution in [2.45, 2.75) is 6.92 Å². The molecule has 130 valence electrons. The summed E-state index contributed by atoms with van der Waals surface area (Å²) in [5, 5.41) is 13.9. The van der Waals surface area contributed by atoms with E-state index >= 15 is 0 Å². The van der Waals surface area contributed by atoms with E-state index in [0.717, 1.165) is 28.2 Å². The van der Waals surface area contributed by atoms with Crippen LogP contribution in [0.2, 0.25) is 0 Å². The number of carbonyl (C=O) groups excluding carboxylic acids is 1. The minimum Gasteiger partial charge on any atom is -0.497 e. The van der Waals surface area contributed by atoms with Gasteiger partial charge >= 0.3 is 0 Å². The molecule has 0 bridgehead atoms. The molecule has 6 nitrogen and oxygen atoms in total. The van der Waals surface area contributed by atoms with Gasteiger partial charge in [0.1, 0.15) is 16.8 Å². The number of aryl methyl sites for hydroxylation is 1. The molecule has 0 saturated heterocycles. The smallest absolute Gasteiger partial charge is 0.265 e. The molecule has 1 amide bonds. The highest BCUT2D eigenvalue weighted by Crippen LogP contribution is 2.24. The highest BCUT2D eigenvalue weighted by Gasteiger charge is 2.12. The zero-order valence-corrected chi connectivity index (χ0v) is 15.1. The highest BCUT2D eigenvalue weighted by molar-refractivity contribution is 7.12. The van der Waals surface area contributed by atoms with Crippen molar-refractivity contribution in [3.05, 3.63) is 64.4 Å². The highest BCUT2D eigenvalue weighted by atomic mass is 32.1. The van der Waals surface area contributed by atoms with Crippen molar-refractivity contribution in [2.24, 2.45) is 0 Å². The van der Waals surface area contributed by atoms with Crippen LogP contribution in [-0.2, 0) is 0 Å². The number of carbonyl (C=O) groups is 1. The van der Waals surface area contributed by atoms with Crippen molar-refractivity contribution in [1.29, 1.82) is 0 Å². The molecule has 2 aromatic carbocycles. The molecule has 0 aliphatic rings. The van der Waals surface area contributed by atoms with E-state index in [1.165, 1.54) is 11.3 Å². The quantitative estimate of drug-likeness (QED) is 0.593. The molecule has 0 atom stereocenters. The maximum absolute atomic E-state index is 12.3. The Kier molecular flexibility index (Phi) is 4.14. The van der Waals surface area contributed by atoms with Gasteiger partial charge in [0.15, 0.2) is 0 Å². The maximum atomic E-state index is 12.3. The third-order valence-electron chi connectivity index (χ3n) is 4.02. The molecule has 4 rings (SSSR count). The Labute approximate surface area is 154 Å². The number of thiophene rings is 1. The first kappa shape index (κ1) is 16.3. The Balaban J connectivity index is 1.67.